The summed E-state index contributed by atoms with van der Waals surface area (Å²) in [5, 5.41) is 8.25. The SMILES string of the molecule is O=CC(Cc1ccccc1)N1CC(=O)N(c2cc(Cl)ccc2-n2cc(Cl)nn2)CC1=O. The minimum Gasteiger partial charge on any atom is -0.322 e. The maximum Gasteiger partial charge on any atom is 0.247 e. The number of aldehydes is 1. The molecule has 0 bridgehead atoms. The highest BCUT2D eigenvalue weighted by molar-refractivity contribution is 6.31. The van der Waals surface area contributed by atoms with Gasteiger partial charge in [0.1, 0.15) is 19.4 Å². The molecule has 0 radical (unpaired) electrons. The van der Waals surface area contributed by atoms with Crippen molar-refractivity contribution in [1.82, 2.24) is 19.9 Å². The Balaban J connectivity index is 1.60. The van der Waals surface area contributed by atoms with Crippen molar-refractivity contribution < 1.29 is 14.4 Å². The van der Waals surface area contributed by atoms with Gasteiger partial charge in [-0.15, -0.1) is 5.10 Å². The van der Waals surface area contributed by atoms with Crippen molar-refractivity contribution in [1.29, 1.82) is 0 Å². The highest BCUT2D eigenvalue weighted by Gasteiger charge is 2.36. The van der Waals surface area contributed by atoms with E-state index < -0.39 is 6.04 Å². The number of rotatable bonds is 6. The number of piperazine rings is 1. The van der Waals surface area contributed by atoms with Gasteiger partial charge in [0.05, 0.1) is 23.6 Å². The molecule has 1 aliphatic rings. The molecule has 1 saturated heterocycles. The average Bonchev–Trinajstić information content (AvgIpc) is 3.20. The zero-order valence-electron chi connectivity index (χ0n) is 16.2. The lowest BCUT2D eigenvalue weighted by atomic mass is 10.0. The molecule has 2 heterocycles. The molecule has 1 fully saturated rings. The van der Waals surface area contributed by atoms with Crippen LogP contribution in [0.1, 0.15) is 5.56 Å². The van der Waals surface area contributed by atoms with Crippen LogP contribution >= 0.6 is 23.2 Å². The van der Waals surface area contributed by atoms with Gasteiger partial charge in [0.2, 0.25) is 11.8 Å². The predicted octanol–water partition coefficient (Wildman–Crippen LogP) is 2.56. The molecule has 3 aromatic rings. The van der Waals surface area contributed by atoms with E-state index in [1.165, 1.54) is 20.7 Å². The maximum atomic E-state index is 13.0. The Kier molecular flexibility index (Phi) is 6.01. The smallest absolute Gasteiger partial charge is 0.247 e. The molecular formula is C21H17Cl2N5O3. The van der Waals surface area contributed by atoms with Crippen molar-refractivity contribution in [3.63, 3.8) is 0 Å². The molecule has 0 N–H and O–H groups in total. The molecule has 0 aliphatic carbocycles. The van der Waals surface area contributed by atoms with Crippen LogP contribution in [0.25, 0.3) is 5.69 Å². The highest BCUT2D eigenvalue weighted by atomic mass is 35.5. The molecule has 8 nitrogen and oxygen atoms in total. The van der Waals surface area contributed by atoms with Gasteiger partial charge in [-0.05, 0) is 30.2 Å². The number of carbonyl (C=O) groups is 3. The number of hydrogen-bond donors (Lipinski definition) is 0. The van der Waals surface area contributed by atoms with E-state index in [1.54, 1.807) is 18.2 Å². The van der Waals surface area contributed by atoms with E-state index in [0.29, 0.717) is 29.1 Å². The average molecular weight is 458 g/mol. The molecule has 4 rings (SSSR count). The van der Waals surface area contributed by atoms with Gasteiger partial charge < -0.3 is 9.69 Å². The molecule has 1 aromatic heterocycles. The Labute approximate surface area is 188 Å². The number of hydrogen-bond acceptors (Lipinski definition) is 5. The number of benzene rings is 2. The molecule has 2 amide bonds. The predicted molar refractivity (Wildman–Crippen MR) is 115 cm³/mol. The lowest BCUT2D eigenvalue weighted by Crippen LogP contribution is -2.58. The van der Waals surface area contributed by atoms with Crippen LogP contribution in [-0.4, -0.2) is 57.1 Å². The van der Waals surface area contributed by atoms with Crippen LogP contribution in [0.2, 0.25) is 10.2 Å². The van der Waals surface area contributed by atoms with Crippen LogP contribution in [0, 0.1) is 0 Å². The van der Waals surface area contributed by atoms with Gasteiger partial charge in [0.25, 0.3) is 0 Å². The zero-order chi connectivity index (χ0) is 22.0. The van der Waals surface area contributed by atoms with Gasteiger partial charge in [-0.25, -0.2) is 4.68 Å². The van der Waals surface area contributed by atoms with Gasteiger partial charge in [0.15, 0.2) is 5.15 Å². The molecule has 31 heavy (non-hydrogen) atoms. The molecule has 1 atom stereocenters. The fraction of sp³-hybridized carbons (Fsp3) is 0.190. The summed E-state index contributed by atoms with van der Waals surface area (Å²) in [5.41, 5.74) is 1.80. The lowest BCUT2D eigenvalue weighted by Gasteiger charge is -2.37. The topological polar surface area (TPSA) is 88.4 Å². The monoisotopic (exact) mass is 457 g/mol. The number of amides is 2. The van der Waals surface area contributed by atoms with Gasteiger partial charge in [-0.3, -0.25) is 14.5 Å². The van der Waals surface area contributed by atoms with Crippen molar-refractivity contribution in [3.8, 4) is 5.69 Å². The van der Waals surface area contributed by atoms with E-state index in [1.807, 2.05) is 30.3 Å². The van der Waals surface area contributed by atoms with E-state index in [-0.39, 0.29) is 30.1 Å². The third-order valence-corrected chi connectivity index (χ3v) is 5.41. The van der Waals surface area contributed by atoms with Crippen LogP contribution in [0.3, 0.4) is 0 Å². The van der Waals surface area contributed by atoms with E-state index in [4.69, 9.17) is 23.2 Å². The quantitative estimate of drug-likeness (QED) is 0.530. The summed E-state index contributed by atoms with van der Waals surface area (Å²) in [7, 11) is 0. The van der Waals surface area contributed by atoms with Crippen LogP contribution in [0.5, 0.6) is 0 Å². The number of carbonyl (C=O) groups excluding carboxylic acids is 3. The third-order valence-electron chi connectivity index (χ3n) is 5.01. The van der Waals surface area contributed by atoms with Crippen LogP contribution in [0.15, 0.2) is 54.7 Å². The summed E-state index contributed by atoms with van der Waals surface area (Å²) in [6.45, 7) is -0.452. The van der Waals surface area contributed by atoms with Crippen molar-refractivity contribution in [2.24, 2.45) is 0 Å². The maximum absolute atomic E-state index is 13.0. The third kappa shape index (κ3) is 4.45. The van der Waals surface area contributed by atoms with Crippen LogP contribution in [0.4, 0.5) is 5.69 Å². The second kappa shape index (κ2) is 8.87. The normalized spacial score (nSPS) is 15.3. The first-order valence-electron chi connectivity index (χ1n) is 9.43. The first-order valence-corrected chi connectivity index (χ1v) is 10.2. The van der Waals surface area contributed by atoms with Crippen LogP contribution < -0.4 is 4.90 Å². The standard InChI is InChI=1S/C21H17Cl2N5O3/c22-15-6-7-17(28-10-19(23)24-25-28)18(9-15)27-12-20(30)26(11-21(27)31)16(13-29)8-14-4-2-1-3-5-14/h1-7,9-10,13,16H,8,11-12H2. The van der Waals surface area contributed by atoms with Gasteiger partial charge in [0, 0.05) is 5.02 Å². The summed E-state index contributed by atoms with van der Waals surface area (Å²) in [6.07, 6.45) is 2.53. The van der Waals surface area contributed by atoms with Crippen molar-refractivity contribution >= 4 is 47.0 Å². The number of halogens is 2. The Morgan fingerprint density at radius 3 is 2.45 bits per heavy atom. The minimum absolute atomic E-state index is 0.183. The molecule has 0 saturated carbocycles. The van der Waals surface area contributed by atoms with E-state index in [9.17, 15) is 14.4 Å². The number of anilines is 1. The van der Waals surface area contributed by atoms with E-state index >= 15 is 0 Å². The Hall–Kier alpha value is -3.23. The molecular weight excluding hydrogens is 441 g/mol. The summed E-state index contributed by atoms with van der Waals surface area (Å²) >= 11 is 12.0. The fourth-order valence-corrected chi connectivity index (χ4v) is 3.80. The molecule has 2 aromatic carbocycles. The zero-order valence-corrected chi connectivity index (χ0v) is 17.7. The van der Waals surface area contributed by atoms with Gasteiger partial charge in [-0.2, -0.15) is 0 Å². The largest absolute Gasteiger partial charge is 0.322 e. The Morgan fingerprint density at radius 1 is 1.00 bits per heavy atom. The van der Waals surface area contributed by atoms with Crippen LogP contribution in [-0.2, 0) is 20.8 Å². The summed E-state index contributed by atoms with van der Waals surface area (Å²) in [6, 6.07) is 13.5. The second-order valence-electron chi connectivity index (χ2n) is 7.01. The second-order valence-corrected chi connectivity index (χ2v) is 7.84. The molecule has 0 spiro atoms. The van der Waals surface area contributed by atoms with Crippen molar-refractivity contribution in [3.05, 3.63) is 70.5 Å². The fourth-order valence-electron chi connectivity index (χ4n) is 3.51. The molecule has 1 aliphatic heterocycles. The summed E-state index contributed by atoms with van der Waals surface area (Å²) in [4.78, 5) is 40.3. The highest BCUT2D eigenvalue weighted by Crippen LogP contribution is 2.30. The van der Waals surface area contributed by atoms with Crippen molar-refractivity contribution in [2.45, 2.75) is 12.5 Å². The molecule has 1 unspecified atom stereocenters. The molecule has 10 heteroatoms. The lowest BCUT2D eigenvalue weighted by molar-refractivity contribution is -0.142. The van der Waals surface area contributed by atoms with Crippen molar-refractivity contribution in [2.75, 3.05) is 18.0 Å². The summed E-state index contributed by atoms with van der Waals surface area (Å²) < 4.78 is 1.40. The Bertz CT molecular complexity index is 1140. The first kappa shape index (κ1) is 21.0. The van der Waals surface area contributed by atoms with Gasteiger partial charge in [-0.1, -0.05) is 58.7 Å². The molecule has 158 valence electrons. The van der Waals surface area contributed by atoms with Gasteiger partial charge >= 0.3 is 0 Å². The number of nitrogens with zero attached hydrogens (tertiary/aromatic N) is 5. The van der Waals surface area contributed by atoms with E-state index in [2.05, 4.69) is 10.3 Å². The minimum atomic E-state index is -0.728. The first-order chi connectivity index (χ1) is 15.0. The Morgan fingerprint density at radius 2 is 1.77 bits per heavy atom. The number of aromatic nitrogens is 3. The summed E-state index contributed by atoms with van der Waals surface area (Å²) in [5.74, 6) is -0.676. The van der Waals surface area contributed by atoms with E-state index in [0.717, 1.165) is 5.56 Å².